The third-order valence-corrected chi connectivity index (χ3v) is 17.8. The predicted octanol–water partition coefficient (Wildman–Crippen LogP) is 12.8. The number of hydrogen-bond acceptors (Lipinski definition) is 11. The van der Waals surface area contributed by atoms with Crippen molar-refractivity contribution in [2.75, 3.05) is 6.61 Å². The fourth-order valence-electron chi connectivity index (χ4n) is 14.0. The van der Waals surface area contributed by atoms with Crippen LogP contribution in [0, 0.1) is 52.3 Å². The monoisotopic (exact) mass is 955 g/mol. The van der Waals surface area contributed by atoms with Gasteiger partial charge in [0.1, 0.15) is 12.7 Å². The highest BCUT2D eigenvalue weighted by atomic mass is 16.7. The number of allylic oxidation sites excluding steroid dienone is 1. The Morgan fingerprint density at radius 3 is 1.88 bits per heavy atom. The molecule has 0 unspecified atom stereocenters. The van der Waals surface area contributed by atoms with E-state index in [9.17, 15) is 24.0 Å². The molecule has 0 aromatic rings. The Bertz CT molecular complexity index is 1670. The van der Waals surface area contributed by atoms with Crippen LogP contribution in [0.25, 0.3) is 0 Å². The van der Waals surface area contributed by atoms with E-state index < -0.39 is 60.7 Å². The summed E-state index contributed by atoms with van der Waals surface area (Å²) < 4.78 is 36.2. The minimum atomic E-state index is -1.30. The van der Waals surface area contributed by atoms with Crippen LogP contribution in [0.4, 0.5) is 0 Å². The fraction of sp³-hybridized carbons (Fsp3) is 0.877. The van der Waals surface area contributed by atoms with Gasteiger partial charge in [-0.15, -0.1) is 0 Å². The van der Waals surface area contributed by atoms with Crippen molar-refractivity contribution in [2.45, 2.75) is 260 Å². The number of carbonyl (C=O) groups excluding carboxylic acids is 5. The Labute approximate surface area is 411 Å². The van der Waals surface area contributed by atoms with Gasteiger partial charge >= 0.3 is 23.9 Å². The maximum Gasteiger partial charge on any atom is 0.305 e. The molecule has 0 radical (unpaired) electrons. The van der Waals surface area contributed by atoms with Gasteiger partial charge in [0.2, 0.25) is 0 Å². The number of fused-ring (bicyclic) bond motifs is 5. The molecule has 0 spiro atoms. The molecular formula is C57H94O11. The SMILES string of the molecule is CCCCCCCCCCCCCCCC(=O)OC[C@H]1O[C@@H](O[C@H]2CC[C@@]3(C)C(=CC(=O)[C@H]4[C@@H]5CC[C@H]([C@H](C)CC[C@@H](CC)C(C)C)[C@@]5(C)CC[C@@H]43)C2)[C@H](OC(C)=O)[C@@H](OC(C)=O)[C@@H]1OC(C)=O. The summed E-state index contributed by atoms with van der Waals surface area (Å²) in [5.41, 5.74) is 1.11. The van der Waals surface area contributed by atoms with Gasteiger partial charge in [-0.05, 0) is 110 Å². The van der Waals surface area contributed by atoms with Gasteiger partial charge in [-0.1, -0.05) is 144 Å². The van der Waals surface area contributed by atoms with Crippen molar-refractivity contribution in [1.82, 2.24) is 0 Å². The van der Waals surface area contributed by atoms with Gasteiger partial charge in [-0.2, -0.15) is 0 Å². The number of rotatable bonds is 27. The van der Waals surface area contributed by atoms with Crippen LogP contribution in [0.2, 0.25) is 0 Å². The number of unbranched alkanes of at least 4 members (excludes halogenated alkanes) is 12. The maximum absolute atomic E-state index is 14.5. The van der Waals surface area contributed by atoms with Crippen LogP contribution in [-0.4, -0.2) is 73.1 Å². The van der Waals surface area contributed by atoms with Gasteiger partial charge in [0, 0.05) is 33.1 Å². The fourth-order valence-corrected chi connectivity index (χ4v) is 14.0. The Morgan fingerprint density at radius 2 is 1.29 bits per heavy atom. The molecule has 68 heavy (non-hydrogen) atoms. The van der Waals surface area contributed by atoms with Crippen molar-refractivity contribution < 1.29 is 52.4 Å². The number of ketones is 1. The molecule has 0 bridgehead atoms. The van der Waals surface area contributed by atoms with Crippen molar-refractivity contribution >= 4 is 29.7 Å². The summed E-state index contributed by atoms with van der Waals surface area (Å²) in [6.45, 7) is 20.0. The topological polar surface area (TPSA) is 141 Å². The molecule has 1 saturated heterocycles. The van der Waals surface area contributed by atoms with Crippen molar-refractivity contribution in [2.24, 2.45) is 52.3 Å². The second-order valence-electron chi connectivity index (χ2n) is 22.9. The average molecular weight is 955 g/mol. The molecule has 1 heterocycles. The molecule has 0 amide bonds. The Kier molecular flexibility index (Phi) is 22.0. The maximum atomic E-state index is 14.5. The first-order valence-corrected chi connectivity index (χ1v) is 27.7. The van der Waals surface area contributed by atoms with Crippen LogP contribution >= 0.6 is 0 Å². The molecule has 1 aliphatic heterocycles. The third-order valence-electron chi connectivity index (χ3n) is 17.8. The van der Waals surface area contributed by atoms with Gasteiger partial charge in [-0.3, -0.25) is 24.0 Å². The Morgan fingerprint density at radius 1 is 0.706 bits per heavy atom. The quantitative estimate of drug-likeness (QED) is 0.0441. The van der Waals surface area contributed by atoms with Crippen LogP contribution in [-0.2, 0) is 52.4 Å². The zero-order valence-electron chi connectivity index (χ0n) is 44.3. The van der Waals surface area contributed by atoms with Crippen molar-refractivity contribution in [3.63, 3.8) is 0 Å². The van der Waals surface area contributed by atoms with E-state index in [1.54, 1.807) is 0 Å². The van der Waals surface area contributed by atoms with E-state index in [-0.39, 0.29) is 41.5 Å². The molecule has 14 atom stereocenters. The van der Waals surface area contributed by atoms with E-state index >= 15 is 0 Å². The van der Waals surface area contributed by atoms with Crippen molar-refractivity contribution in [3.05, 3.63) is 11.6 Å². The summed E-state index contributed by atoms with van der Waals surface area (Å²) in [5.74, 6) is 1.28. The number of hydrogen-bond donors (Lipinski definition) is 0. The first-order chi connectivity index (χ1) is 32.4. The van der Waals surface area contributed by atoms with Crippen LogP contribution < -0.4 is 0 Å². The highest BCUT2D eigenvalue weighted by molar-refractivity contribution is 5.94. The largest absolute Gasteiger partial charge is 0.463 e. The number of carbonyl (C=O) groups is 5. The van der Waals surface area contributed by atoms with Gasteiger partial charge in [0.15, 0.2) is 30.4 Å². The number of ether oxygens (including phenoxy) is 6. The van der Waals surface area contributed by atoms with Crippen LogP contribution in [0.15, 0.2) is 11.6 Å². The van der Waals surface area contributed by atoms with Gasteiger partial charge in [0.25, 0.3) is 0 Å². The lowest BCUT2D eigenvalue weighted by Crippen LogP contribution is -2.63. The van der Waals surface area contributed by atoms with Gasteiger partial charge < -0.3 is 28.4 Å². The standard InChI is InChI=1S/C57H94O11/c1-11-13-14-15-16-17-18-19-20-21-22-23-24-25-50(62)63-36-49-52(64-39(6)58)53(65-40(7)59)54(66-41(8)60)55(68-49)67-44-30-32-56(9)43(34-44)35-48(61)51-46-29-28-45(57(46,10)33-31-47(51)56)38(5)26-27-42(12-2)37(3)4/h35,37-38,42,44-47,49,51-55H,11-34,36H2,1-10H3/t38-,42-,44+,45-,46+,47+,49-,51+,52-,53+,54-,55-,56+,57-/m1/s1. The Hall–Kier alpha value is -2.79. The molecule has 388 valence electrons. The molecule has 0 aromatic carbocycles. The molecular weight excluding hydrogens is 861 g/mol. The smallest absolute Gasteiger partial charge is 0.305 e. The summed E-state index contributed by atoms with van der Waals surface area (Å²) in [5, 5.41) is 0. The van der Waals surface area contributed by atoms with Crippen molar-refractivity contribution in [1.29, 1.82) is 0 Å². The van der Waals surface area contributed by atoms with Gasteiger partial charge in [0.05, 0.1) is 6.10 Å². The van der Waals surface area contributed by atoms with E-state index in [4.69, 9.17) is 28.4 Å². The summed E-state index contributed by atoms with van der Waals surface area (Å²) >= 11 is 0. The summed E-state index contributed by atoms with van der Waals surface area (Å²) in [6, 6.07) is 0. The van der Waals surface area contributed by atoms with E-state index in [2.05, 4.69) is 48.5 Å². The molecule has 11 nitrogen and oxygen atoms in total. The first-order valence-electron chi connectivity index (χ1n) is 27.7. The van der Waals surface area contributed by atoms with E-state index in [0.29, 0.717) is 42.9 Å². The molecule has 3 saturated carbocycles. The lowest BCUT2D eigenvalue weighted by Gasteiger charge is -2.58. The predicted molar refractivity (Wildman–Crippen MR) is 264 cm³/mol. The molecule has 0 aromatic heterocycles. The zero-order chi connectivity index (χ0) is 49.6. The minimum Gasteiger partial charge on any atom is -0.463 e. The Balaban J connectivity index is 1.22. The third kappa shape index (κ3) is 14.7. The van der Waals surface area contributed by atoms with Crippen LogP contribution in [0.5, 0.6) is 0 Å². The van der Waals surface area contributed by atoms with Crippen LogP contribution in [0.3, 0.4) is 0 Å². The average Bonchev–Trinajstić information content (AvgIpc) is 3.63. The summed E-state index contributed by atoms with van der Waals surface area (Å²) in [4.78, 5) is 65.3. The lowest BCUT2D eigenvalue weighted by atomic mass is 9.46. The normalized spacial score (nSPS) is 33.1. The zero-order valence-corrected chi connectivity index (χ0v) is 44.3. The van der Waals surface area contributed by atoms with E-state index in [1.807, 2.05) is 6.08 Å². The van der Waals surface area contributed by atoms with Crippen molar-refractivity contribution in [3.8, 4) is 0 Å². The molecule has 4 aliphatic carbocycles. The lowest BCUT2D eigenvalue weighted by molar-refractivity contribution is -0.318. The first kappa shape index (κ1) is 56.1. The molecule has 5 rings (SSSR count). The highest BCUT2D eigenvalue weighted by Crippen LogP contribution is 2.67. The van der Waals surface area contributed by atoms with Crippen LogP contribution in [0.1, 0.15) is 223 Å². The second kappa shape index (κ2) is 26.6. The van der Waals surface area contributed by atoms with Gasteiger partial charge in [-0.25, -0.2) is 0 Å². The summed E-state index contributed by atoms with van der Waals surface area (Å²) in [7, 11) is 0. The minimum absolute atomic E-state index is 0.0296. The van der Waals surface area contributed by atoms with E-state index in [1.165, 1.54) is 104 Å². The number of esters is 4. The highest BCUT2D eigenvalue weighted by Gasteiger charge is 2.62. The second-order valence-corrected chi connectivity index (χ2v) is 22.9. The molecule has 5 aliphatic rings. The molecule has 0 N–H and O–H groups in total. The molecule has 4 fully saturated rings. The molecule has 11 heteroatoms. The van der Waals surface area contributed by atoms with E-state index in [0.717, 1.165) is 56.4 Å². The summed E-state index contributed by atoms with van der Waals surface area (Å²) in [6.07, 6.45) is 21.5.